The summed E-state index contributed by atoms with van der Waals surface area (Å²) >= 11 is 3.46. The second kappa shape index (κ2) is 7.80. The van der Waals surface area contributed by atoms with Crippen LogP contribution in [0.25, 0.3) is 0 Å². The maximum Gasteiger partial charge on any atom is 0.223 e. The first-order valence-electron chi connectivity index (χ1n) is 7.91. The van der Waals surface area contributed by atoms with E-state index >= 15 is 0 Å². The number of rotatable bonds is 3. The van der Waals surface area contributed by atoms with Crippen molar-refractivity contribution in [2.75, 3.05) is 0 Å². The van der Waals surface area contributed by atoms with Gasteiger partial charge in [0.2, 0.25) is 5.91 Å². The number of hydrogen-bond acceptors (Lipinski definition) is 2. The third-order valence-corrected chi connectivity index (χ3v) is 5.63. The van der Waals surface area contributed by atoms with Crippen molar-refractivity contribution >= 4 is 34.2 Å². The summed E-state index contributed by atoms with van der Waals surface area (Å²) < 4.78 is 1.05. The van der Waals surface area contributed by atoms with Gasteiger partial charge >= 0.3 is 0 Å². The van der Waals surface area contributed by atoms with Crippen molar-refractivity contribution in [1.82, 2.24) is 5.32 Å². The zero-order chi connectivity index (χ0) is 14.8. The van der Waals surface area contributed by atoms with Gasteiger partial charge in [-0.05, 0) is 55.2 Å². The molecule has 5 heteroatoms. The lowest BCUT2D eigenvalue weighted by molar-refractivity contribution is -0.128. The molecule has 0 aromatic heterocycles. The highest BCUT2D eigenvalue weighted by molar-refractivity contribution is 9.10. The maximum atomic E-state index is 12.4. The van der Waals surface area contributed by atoms with E-state index in [2.05, 4.69) is 21.2 Å². The van der Waals surface area contributed by atoms with Gasteiger partial charge in [0.05, 0.1) is 0 Å². The van der Waals surface area contributed by atoms with Crippen molar-refractivity contribution in [3.8, 4) is 0 Å². The first-order valence-corrected chi connectivity index (χ1v) is 8.70. The molecule has 0 heterocycles. The van der Waals surface area contributed by atoms with Gasteiger partial charge in [0.25, 0.3) is 0 Å². The zero-order valence-corrected chi connectivity index (χ0v) is 15.0. The van der Waals surface area contributed by atoms with Gasteiger partial charge in [0.1, 0.15) is 0 Å². The van der Waals surface area contributed by atoms with Crippen LogP contribution in [0, 0.1) is 17.8 Å². The molecule has 1 aromatic carbocycles. The van der Waals surface area contributed by atoms with Gasteiger partial charge in [-0.25, -0.2) is 0 Å². The topological polar surface area (TPSA) is 55.1 Å². The Morgan fingerprint density at radius 1 is 1.27 bits per heavy atom. The smallest absolute Gasteiger partial charge is 0.223 e. The molecule has 3 rings (SSSR count). The van der Waals surface area contributed by atoms with Crippen molar-refractivity contribution in [2.24, 2.45) is 23.5 Å². The van der Waals surface area contributed by atoms with Gasteiger partial charge in [0.15, 0.2) is 0 Å². The molecule has 2 bridgehead atoms. The summed E-state index contributed by atoms with van der Waals surface area (Å²) in [6, 6.07) is 8.40. The lowest BCUT2D eigenvalue weighted by Crippen LogP contribution is -2.49. The van der Waals surface area contributed by atoms with Crippen LogP contribution >= 0.6 is 28.3 Å². The van der Waals surface area contributed by atoms with E-state index in [1.807, 2.05) is 24.3 Å². The molecule has 2 saturated carbocycles. The normalized spacial score (nSPS) is 30.3. The van der Waals surface area contributed by atoms with Crippen LogP contribution in [-0.2, 0) is 11.3 Å². The fraction of sp³-hybridized carbons (Fsp3) is 0.588. The molecule has 3 N–H and O–H groups in total. The van der Waals surface area contributed by atoms with Crippen LogP contribution in [0.15, 0.2) is 28.7 Å². The Labute approximate surface area is 147 Å². The van der Waals surface area contributed by atoms with Crippen molar-refractivity contribution in [1.29, 1.82) is 0 Å². The summed E-state index contributed by atoms with van der Waals surface area (Å²) in [6.45, 7) is 0.607. The Morgan fingerprint density at radius 2 is 1.95 bits per heavy atom. The summed E-state index contributed by atoms with van der Waals surface area (Å²) in [6.07, 6.45) is 5.64. The highest BCUT2D eigenvalue weighted by Gasteiger charge is 2.40. The van der Waals surface area contributed by atoms with Crippen LogP contribution in [0.3, 0.4) is 0 Å². The molecular formula is C17H24BrClN2O. The van der Waals surface area contributed by atoms with E-state index in [1.54, 1.807) is 0 Å². The Kier molecular flexibility index (Phi) is 6.30. The Morgan fingerprint density at radius 3 is 2.59 bits per heavy atom. The van der Waals surface area contributed by atoms with Crippen molar-refractivity contribution in [3.05, 3.63) is 34.3 Å². The van der Waals surface area contributed by atoms with E-state index in [4.69, 9.17) is 5.73 Å². The van der Waals surface area contributed by atoms with Crippen LogP contribution in [-0.4, -0.2) is 11.9 Å². The number of carbonyl (C=O) groups is 1. The highest BCUT2D eigenvalue weighted by Crippen LogP contribution is 2.41. The van der Waals surface area contributed by atoms with Crippen molar-refractivity contribution < 1.29 is 4.79 Å². The van der Waals surface area contributed by atoms with Gasteiger partial charge in [-0.15, -0.1) is 12.4 Å². The molecule has 0 radical (unpaired) electrons. The minimum absolute atomic E-state index is 0. The first-order chi connectivity index (χ1) is 10.1. The van der Waals surface area contributed by atoms with Crippen molar-refractivity contribution in [2.45, 2.75) is 44.7 Å². The van der Waals surface area contributed by atoms with E-state index in [-0.39, 0.29) is 24.2 Å². The van der Waals surface area contributed by atoms with E-state index in [0.717, 1.165) is 22.9 Å². The molecule has 22 heavy (non-hydrogen) atoms. The van der Waals surface area contributed by atoms with Gasteiger partial charge in [-0.1, -0.05) is 34.5 Å². The lowest BCUT2D eigenvalue weighted by Gasteiger charge is -2.43. The average Bonchev–Trinajstić information content (AvgIpc) is 2.44. The second-order valence-electron chi connectivity index (χ2n) is 6.54. The number of carbonyl (C=O) groups excluding carboxylic acids is 1. The molecular weight excluding hydrogens is 364 g/mol. The molecule has 0 aliphatic heterocycles. The van der Waals surface area contributed by atoms with Gasteiger partial charge in [-0.3, -0.25) is 4.79 Å². The SMILES string of the molecule is Cl.NC1C2CCCC1CC(C(=O)NCc1cccc(Br)c1)C2. The number of amides is 1. The largest absolute Gasteiger partial charge is 0.352 e. The fourth-order valence-electron chi connectivity index (χ4n) is 3.98. The Hall–Kier alpha value is -0.580. The van der Waals surface area contributed by atoms with Crippen molar-refractivity contribution in [3.63, 3.8) is 0 Å². The molecule has 2 aliphatic rings. The quantitative estimate of drug-likeness (QED) is 0.832. The predicted molar refractivity (Wildman–Crippen MR) is 94.8 cm³/mol. The molecule has 0 saturated heterocycles. The standard InChI is InChI=1S/C17H23BrN2O.ClH/c18-15-6-1-3-11(7-15)10-20-17(21)14-8-12-4-2-5-13(9-14)16(12)19;/h1,3,6-7,12-14,16H,2,4-5,8-10,19H2,(H,20,21);1H. The maximum absolute atomic E-state index is 12.4. The highest BCUT2D eigenvalue weighted by atomic mass is 79.9. The molecule has 2 unspecified atom stereocenters. The van der Waals surface area contributed by atoms with E-state index < -0.39 is 0 Å². The summed E-state index contributed by atoms with van der Waals surface area (Å²) in [5, 5.41) is 3.10. The van der Waals surface area contributed by atoms with E-state index in [0.29, 0.717) is 24.4 Å². The summed E-state index contributed by atoms with van der Waals surface area (Å²) in [4.78, 5) is 12.4. The molecule has 122 valence electrons. The van der Waals surface area contributed by atoms with Crippen LogP contribution in [0.4, 0.5) is 0 Å². The van der Waals surface area contributed by atoms with E-state index in [1.165, 1.54) is 19.3 Å². The molecule has 0 spiro atoms. The fourth-order valence-corrected chi connectivity index (χ4v) is 4.43. The van der Waals surface area contributed by atoms with Crippen LogP contribution in [0.1, 0.15) is 37.7 Å². The minimum Gasteiger partial charge on any atom is -0.352 e. The monoisotopic (exact) mass is 386 g/mol. The Bertz CT molecular complexity index is 511. The molecule has 2 aliphatic carbocycles. The van der Waals surface area contributed by atoms with Crippen LogP contribution in [0.5, 0.6) is 0 Å². The summed E-state index contributed by atoms with van der Waals surface area (Å²) in [7, 11) is 0. The van der Waals surface area contributed by atoms with Gasteiger partial charge in [-0.2, -0.15) is 0 Å². The number of fused-ring (bicyclic) bond motifs is 2. The summed E-state index contributed by atoms with van der Waals surface area (Å²) in [5.74, 6) is 1.48. The zero-order valence-electron chi connectivity index (χ0n) is 12.6. The third kappa shape index (κ3) is 4.03. The Balaban J connectivity index is 0.00000176. The molecule has 3 nitrogen and oxygen atoms in total. The van der Waals surface area contributed by atoms with Crippen LogP contribution in [0.2, 0.25) is 0 Å². The van der Waals surface area contributed by atoms with Gasteiger partial charge < -0.3 is 11.1 Å². The van der Waals surface area contributed by atoms with Gasteiger partial charge in [0, 0.05) is 23.0 Å². The second-order valence-corrected chi connectivity index (χ2v) is 7.46. The third-order valence-electron chi connectivity index (χ3n) is 5.14. The number of hydrogen-bond donors (Lipinski definition) is 2. The first kappa shape index (κ1) is 17.8. The van der Waals surface area contributed by atoms with Crippen LogP contribution < -0.4 is 11.1 Å². The molecule has 2 fully saturated rings. The number of halogens is 2. The number of nitrogens with one attached hydrogen (secondary N) is 1. The number of benzene rings is 1. The minimum atomic E-state index is 0. The molecule has 1 amide bonds. The van der Waals surface area contributed by atoms with E-state index in [9.17, 15) is 4.79 Å². The summed E-state index contributed by atoms with van der Waals surface area (Å²) in [5.41, 5.74) is 7.42. The molecule has 2 atom stereocenters. The number of nitrogens with two attached hydrogens (primary N) is 1. The predicted octanol–water partition coefficient (Wildman–Crippen LogP) is 3.64. The lowest BCUT2D eigenvalue weighted by atomic mass is 9.65. The average molecular weight is 388 g/mol. The molecule has 1 aromatic rings.